The number of anilines is 1. The Labute approximate surface area is 150 Å². The molecule has 26 heavy (non-hydrogen) atoms. The zero-order valence-corrected chi connectivity index (χ0v) is 14.2. The molecule has 0 saturated carbocycles. The molecule has 0 bridgehead atoms. The quantitative estimate of drug-likeness (QED) is 0.509. The summed E-state index contributed by atoms with van der Waals surface area (Å²) in [6.45, 7) is 1.50. The van der Waals surface area contributed by atoms with Crippen molar-refractivity contribution >= 4 is 29.4 Å². The number of hydrogen-bond acceptors (Lipinski definition) is 5. The predicted octanol–water partition coefficient (Wildman–Crippen LogP) is 2.77. The minimum Gasteiger partial charge on any atom is -0.482 e. The number of esters is 1. The summed E-state index contributed by atoms with van der Waals surface area (Å²) in [5.41, 5.74) is 2.69. The van der Waals surface area contributed by atoms with Crippen LogP contribution in [-0.2, 0) is 14.3 Å². The van der Waals surface area contributed by atoms with Gasteiger partial charge in [0.25, 0.3) is 5.91 Å². The number of carbonyl (C=O) groups is 3. The zero-order valence-electron chi connectivity index (χ0n) is 14.2. The van der Waals surface area contributed by atoms with Gasteiger partial charge in [0.1, 0.15) is 5.75 Å². The summed E-state index contributed by atoms with van der Waals surface area (Å²) in [6.07, 6.45) is 2.93. The van der Waals surface area contributed by atoms with Crippen LogP contribution in [0.4, 0.5) is 5.69 Å². The lowest BCUT2D eigenvalue weighted by Gasteiger charge is -2.18. The molecule has 132 valence electrons. The molecular weight excluding hydrogens is 334 g/mol. The van der Waals surface area contributed by atoms with Crippen molar-refractivity contribution in [1.29, 1.82) is 0 Å². The summed E-state index contributed by atoms with van der Waals surface area (Å²) in [4.78, 5) is 35.3. The van der Waals surface area contributed by atoms with E-state index in [1.54, 1.807) is 18.2 Å². The highest BCUT2D eigenvalue weighted by molar-refractivity contribution is 6.02. The van der Waals surface area contributed by atoms with Gasteiger partial charge < -0.3 is 14.8 Å². The van der Waals surface area contributed by atoms with Crippen molar-refractivity contribution in [2.24, 2.45) is 0 Å². The number of Topliss-reactive ketones (excluding diaryl/α,β-unsaturated/α-hetero) is 1. The molecule has 1 N–H and O–H groups in total. The fourth-order valence-electron chi connectivity index (χ4n) is 2.46. The monoisotopic (exact) mass is 351 g/mol. The van der Waals surface area contributed by atoms with E-state index in [0.717, 1.165) is 11.1 Å². The molecule has 1 amide bonds. The molecule has 0 spiro atoms. The summed E-state index contributed by atoms with van der Waals surface area (Å²) < 4.78 is 10.2. The van der Waals surface area contributed by atoms with Crippen molar-refractivity contribution in [3.05, 3.63) is 65.2 Å². The smallest absolute Gasteiger partial charge is 0.331 e. The van der Waals surface area contributed by atoms with Crippen LogP contribution in [0.1, 0.15) is 21.5 Å². The molecule has 6 heteroatoms. The summed E-state index contributed by atoms with van der Waals surface area (Å²) in [6, 6.07) is 12.3. The van der Waals surface area contributed by atoms with Gasteiger partial charge in [0, 0.05) is 11.6 Å². The van der Waals surface area contributed by atoms with Crippen molar-refractivity contribution in [1.82, 2.24) is 0 Å². The maximum absolute atomic E-state index is 12.2. The molecule has 0 unspecified atom stereocenters. The molecule has 0 fully saturated rings. The maximum Gasteiger partial charge on any atom is 0.331 e. The lowest BCUT2D eigenvalue weighted by molar-refractivity contribution is -0.136. The van der Waals surface area contributed by atoms with Crippen LogP contribution in [0.2, 0.25) is 0 Å². The van der Waals surface area contributed by atoms with Crippen LogP contribution in [0.5, 0.6) is 5.75 Å². The van der Waals surface area contributed by atoms with E-state index < -0.39 is 5.97 Å². The average Bonchev–Trinajstić information content (AvgIpc) is 2.64. The van der Waals surface area contributed by atoms with Gasteiger partial charge in [0.2, 0.25) is 0 Å². The summed E-state index contributed by atoms with van der Waals surface area (Å²) in [5.74, 6) is -0.754. The van der Waals surface area contributed by atoms with Gasteiger partial charge in [0.15, 0.2) is 19.0 Å². The molecule has 0 atom stereocenters. The molecule has 6 nitrogen and oxygen atoms in total. The molecule has 1 aliphatic heterocycles. The third-order valence-electron chi connectivity index (χ3n) is 3.87. The molecule has 1 heterocycles. The van der Waals surface area contributed by atoms with Crippen molar-refractivity contribution in [2.45, 2.75) is 6.92 Å². The van der Waals surface area contributed by atoms with Crippen molar-refractivity contribution in [2.75, 3.05) is 18.5 Å². The first-order valence-electron chi connectivity index (χ1n) is 8.03. The van der Waals surface area contributed by atoms with Gasteiger partial charge in [-0.15, -0.1) is 0 Å². The predicted molar refractivity (Wildman–Crippen MR) is 96.1 cm³/mol. The van der Waals surface area contributed by atoms with Crippen LogP contribution in [0, 0.1) is 6.92 Å². The zero-order chi connectivity index (χ0) is 18.5. The van der Waals surface area contributed by atoms with Crippen molar-refractivity contribution < 1.29 is 23.9 Å². The average molecular weight is 351 g/mol. The third-order valence-corrected chi connectivity index (χ3v) is 3.87. The minimum absolute atomic E-state index is 0.0505. The number of carbonyl (C=O) groups excluding carboxylic acids is 3. The Kier molecular flexibility index (Phi) is 5.12. The number of rotatable bonds is 5. The van der Waals surface area contributed by atoms with Crippen molar-refractivity contribution in [3.8, 4) is 5.75 Å². The highest BCUT2D eigenvalue weighted by Crippen LogP contribution is 2.28. The number of ketones is 1. The molecule has 0 radical (unpaired) electrons. The van der Waals surface area contributed by atoms with E-state index in [1.165, 1.54) is 12.1 Å². The van der Waals surface area contributed by atoms with Crippen LogP contribution >= 0.6 is 0 Å². The Balaban J connectivity index is 1.59. The number of aryl methyl sites for hydroxylation is 1. The Bertz CT molecular complexity index is 901. The third kappa shape index (κ3) is 4.16. The normalized spacial score (nSPS) is 12.9. The van der Waals surface area contributed by atoms with E-state index in [-0.39, 0.29) is 24.9 Å². The largest absolute Gasteiger partial charge is 0.482 e. The number of amides is 1. The lowest BCUT2D eigenvalue weighted by Crippen LogP contribution is -2.25. The van der Waals surface area contributed by atoms with Gasteiger partial charge >= 0.3 is 5.97 Å². The van der Waals surface area contributed by atoms with Crippen LogP contribution in [-0.4, -0.2) is 30.9 Å². The Morgan fingerprint density at radius 2 is 2.04 bits per heavy atom. The second-order valence-corrected chi connectivity index (χ2v) is 5.77. The van der Waals surface area contributed by atoms with Crippen LogP contribution < -0.4 is 10.1 Å². The van der Waals surface area contributed by atoms with E-state index in [9.17, 15) is 14.4 Å². The van der Waals surface area contributed by atoms with Gasteiger partial charge in [-0.05, 0) is 42.3 Å². The summed E-state index contributed by atoms with van der Waals surface area (Å²) >= 11 is 0. The number of hydrogen-bond donors (Lipinski definition) is 1. The molecule has 0 aromatic heterocycles. The second kappa shape index (κ2) is 7.65. The SMILES string of the molecule is Cc1ccccc1/C=C/C(=O)OCC(=O)c1ccc2c(c1)NC(=O)CO2. The fraction of sp³-hybridized carbons (Fsp3) is 0.150. The first-order chi connectivity index (χ1) is 12.5. The van der Waals surface area contributed by atoms with E-state index >= 15 is 0 Å². The Morgan fingerprint density at radius 1 is 1.23 bits per heavy atom. The van der Waals surface area contributed by atoms with E-state index in [2.05, 4.69) is 5.32 Å². The summed E-state index contributed by atoms with van der Waals surface area (Å²) in [7, 11) is 0. The molecule has 3 rings (SSSR count). The van der Waals surface area contributed by atoms with Crippen molar-refractivity contribution in [3.63, 3.8) is 0 Å². The van der Waals surface area contributed by atoms with Gasteiger partial charge in [-0.1, -0.05) is 24.3 Å². The maximum atomic E-state index is 12.2. The van der Waals surface area contributed by atoms with E-state index in [4.69, 9.17) is 9.47 Å². The van der Waals surface area contributed by atoms with Gasteiger partial charge in [-0.25, -0.2) is 4.79 Å². The summed E-state index contributed by atoms with van der Waals surface area (Å²) in [5, 5.41) is 2.63. The van der Waals surface area contributed by atoms with Crippen LogP contribution in [0.3, 0.4) is 0 Å². The highest BCUT2D eigenvalue weighted by Gasteiger charge is 2.18. The molecule has 2 aromatic rings. The number of nitrogens with one attached hydrogen (secondary N) is 1. The van der Waals surface area contributed by atoms with E-state index in [0.29, 0.717) is 17.0 Å². The van der Waals surface area contributed by atoms with Gasteiger partial charge in [-0.3, -0.25) is 9.59 Å². The molecular formula is C20H17NO5. The molecule has 0 aliphatic carbocycles. The Morgan fingerprint density at radius 3 is 2.85 bits per heavy atom. The fourth-order valence-corrected chi connectivity index (χ4v) is 2.46. The number of ether oxygens (including phenoxy) is 2. The Hall–Kier alpha value is -3.41. The first kappa shape index (κ1) is 17.4. The van der Waals surface area contributed by atoms with Crippen LogP contribution in [0.25, 0.3) is 6.08 Å². The lowest BCUT2D eigenvalue weighted by atomic mass is 10.1. The standard InChI is InChI=1S/C20H17NO5/c1-13-4-2-3-5-14(13)7-9-20(24)26-11-17(22)15-6-8-18-16(10-15)21-19(23)12-25-18/h2-10H,11-12H2,1H3,(H,21,23)/b9-7+. The minimum atomic E-state index is -0.601. The first-order valence-corrected chi connectivity index (χ1v) is 8.03. The topological polar surface area (TPSA) is 81.7 Å². The number of fused-ring (bicyclic) bond motifs is 1. The van der Waals surface area contributed by atoms with E-state index in [1.807, 2.05) is 31.2 Å². The van der Waals surface area contributed by atoms with Gasteiger partial charge in [-0.2, -0.15) is 0 Å². The molecule has 2 aromatic carbocycles. The van der Waals surface area contributed by atoms with Crippen LogP contribution in [0.15, 0.2) is 48.5 Å². The second-order valence-electron chi connectivity index (χ2n) is 5.77. The highest BCUT2D eigenvalue weighted by atomic mass is 16.5. The van der Waals surface area contributed by atoms with Gasteiger partial charge in [0.05, 0.1) is 5.69 Å². The molecule has 1 aliphatic rings. The number of benzene rings is 2. The molecule has 0 saturated heterocycles.